The Morgan fingerprint density at radius 1 is 1.07 bits per heavy atom. The van der Waals surface area contributed by atoms with Gasteiger partial charge in [-0.1, -0.05) is 12.1 Å². The second-order valence-electron chi connectivity index (χ2n) is 7.33. The van der Waals surface area contributed by atoms with E-state index in [0.717, 1.165) is 37.6 Å². The van der Waals surface area contributed by atoms with Crippen LogP contribution in [0.25, 0.3) is 0 Å². The summed E-state index contributed by atoms with van der Waals surface area (Å²) in [6.07, 6.45) is 1.62. The number of carbonyl (C=O) groups is 1. The molecule has 0 aromatic heterocycles. The number of hydrogen-bond acceptors (Lipinski definition) is 6. The highest BCUT2D eigenvalue weighted by Gasteiger charge is 2.20. The van der Waals surface area contributed by atoms with E-state index in [4.69, 9.17) is 9.47 Å². The van der Waals surface area contributed by atoms with E-state index >= 15 is 0 Å². The molecule has 0 atom stereocenters. The number of carbonyl (C=O) groups excluding carboxylic acids is 1. The first-order valence-corrected chi connectivity index (χ1v) is 11.4. The topological polar surface area (TPSA) is 84.9 Å². The molecule has 1 N–H and O–H groups in total. The number of nitrogens with one attached hydrogen (secondary N) is 1. The van der Waals surface area contributed by atoms with Gasteiger partial charge in [0.15, 0.2) is 17.3 Å². The molecular weight excluding hydrogens is 404 g/mol. The Morgan fingerprint density at radius 3 is 2.30 bits per heavy atom. The average molecular weight is 433 g/mol. The smallest absolute Gasteiger partial charge is 0.240 e. The van der Waals surface area contributed by atoms with Crippen LogP contribution < -0.4 is 14.2 Å². The monoisotopic (exact) mass is 432 g/mol. The van der Waals surface area contributed by atoms with Crippen LogP contribution in [0.4, 0.5) is 0 Å². The number of fused-ring (bicyclic) bond motifs is 1. The Hall–Kier alpha value is -2.42. The molecule has 0 radical (unpaired) electrons. The summed E-state index contributed by atoms with van der Waals surface area (Å²) in [4.78, 5) is 13.8. The molecule has 0 saturated carbocycles. The maximum absolute atomic E-state index is 12.4. The number of nitrogens with zero attached hydrogens (tertiary/aromatic N) is 1. The Morgan fingerprint density at radius 2 is 1.70 bits per heavy atom. The van der Waals surface area contributed by atoms with E-state index in [1.165, 1.54) is 42.3 Å². The molecule has 3 rings (SSSR count). The Kier molecular flexibility index (Phi) is 7.12. The number of ether oxygens (including phenoxy) is 2. The van der Waals surface area contributed by atoms with Crippen LogP contribution in [0.1, 0.15) is 34.8 Å². The fourth-order valence-corrected chi connectivity index (χ4v) is 4.67. The Bertz CT molecular complexity index is 1000. The summed E-state index contributed by atoms with van der Waals surface area (Å²) < 4.78 is 38.3. The molecule has 162 valence electrons. The van der Waals surface area contributed by atoms with E-state index in [2.05, 4.69) is 9.62 Å². The van der Waals surface area contributed by atoms with Crippen LogP contribution in [0.3, 0.4) is 0 Å². The summed E-state index contributed by atoms with van der Waals surface area (Å²) in [5.74, 6) is 1.38. The fourth-order valence-electron chi connectivity index (χ4n) is 3.59. The SMILES string of the molecule is COc1cc2c(cc1OC)CN(CCCNS(=O)(=O)c1ccc(C(C)=O)cc1)CC2. The van der Waals surface area contributed by atoms with Crippen molar-refractivity contribution in [3.63, 3.8) is 0 Å². The van der Waals surface area contributed by atoms with Crippen molar-refractivity contribution in [1.29, 1.82) is 0 Å². The molecule has 0 unspecified atom stereocenters. The van der Waals surface area contributed by atoms with Gasteiger partial charge in [-0.2, -0.15) is 0 Å². The third-order valence-electron chi connectivity index (χ3n) is 5.31. The summed E-state index contributed by atoms with van der Waals surface area (Å²) in [5, 5.41) is 0. The molecule has 7 nitrogen and oxygen atoms in total. The van der Waals surface area contributed by atoms with Crippen molar-refractivity contribution < 1.29 is 22.7 Å². The molecule has 1 aliphatic heterocycles. The van der Waals surface area contributed by atoms with Crippen LogP contribution in [0, 0.1) is 0 Å². The quantitative estimate of drug-likeness (QED) is 0.484. The molecule has 0 fully saturated rings. The van der Waals surface area contributed by atoms with Crippen molar-refractivity contribution in [2.24, 2.45) is 0 Å². The lowest BCUT2D eigenvalue weighted by Crippen LogP contribution is -2.33. The van der Waals surface area contributed by atoms with Gasteiger partial charge in [-0.15, -0.1) is 0 Å². The van der Waals surface area contributed by atoms with Crippen molar-refractivity contribution in [3.8, 4) is 11.5 Å². The Balaban J connectivity index is 1.52. The van der Waals surface area contributed by atoms with Gasteiger partial charge in [-0.25, -0.2) is 13.1 Å². The normalized spacial score (nSPS) is 14.2. The zero-order valence-electron chi connectivity index (χ0n) is 17.6. The van der Waals surface area contributed by atoms with Gasteiger partial charge in [-0.3, -0.25) is 9.69 Å². The number of rotatable bonds is 9. The van der Waals surface area contributed by atoms with Crippen LogP contribution in [-0.2, 0) is 23.0 Å². The van der Waals surface area contributed by atoms with Gasteiger partial charge in [0.25, 0.3) is 0 Å². The second kappa shape index (κ2) is 9.59. The first kappa shape index (κ1) is 22.3. The molecule has 8 heteroatoms. The van der Waals surface area contributed by atoms with E-state index in [0.29, 0.717) is 18.5 Å². The van der Waals surface area contributed by atoms with E-state index in [1.54, 1.807) is 14.2 Å². The molecule has 1 aliphatic rings. The third kappa shape index (κ3) is 5.19. The number of benzene rings is 2. The van der Waals surface area contributed by atoms with Crippen molar-refractivity contribution in [3.05, 3.63) is 53.1 Å². The molecule has 0 aliphatic carbocycles. The Labute approximate surface area is 178 Å². The fraction of sp³-hybridized carbons (Fsp3) is 0.409. The lowest BCUT2D eigenvalue weighted by Gasteiger charge is -2.29. The first-order valence-electron chi connectivity index (χ1n) is 9.91. The standard InChI is InChI=1S/C22H28N2O5S/c1-16(25)17-5-7-20(8-6-17)30(26,27)23-10-4-11-24-12-9-18-13-21(28-2)22(29-3)14-19(18)15-24/h5-8,13-14,23H,4,9-12,15H2,1-3H3. The molecule has 0 amide bonds. The number of sulfonamides is 1. The van der Waals surface area contributed by atoms with Crippen molar-refractivity contribution in [1.82, 2.24) is 9.62 Å². The lowest BCUT2D eigenvalue weighted by atomic mass is 9.98. The zero-order valence-corrected chi connectivity index (χ0v) is 18.4. The highest BCUT2D eigenvalue weighted by atomic mass is 32.2. The summed E-state index contributed by atoms with van der Waals surface area (Å²) in [6.45, 7) is 4.32. The van der Waals surface area contributed by atoms with E-state index in [1.807, 2.05) is 12.1 Å². The van der Waals surface area contributed by atoms with Gasteiger partial charge in [0.2, 0.25) is 10.0 Å². The lowest BCUT2D eigenvalue weighted by molar-refractivity contribution is 0.101. The number of methoxy groups -OCH3 is 2. The number of hydrogen-bond donors (Lipinski definition) is 1. The molecule has 2 aromatic carbocycles. The minimum Gasteiger partial charge on any atom is -0.493 e. The van der Waals surface area contributed by atoms with E-state index in [9.17, 15) is 13.2 Å². The molecule has 0 spiro atoms. The molecule has 0 saturated heterocycles. The summed E-state index contributed by atoms with van der Waals surface area (Å²) in [6, 6.07) is 10.0. The maximum Gasteiger partial charge on any atom is 0.240 e. The minimum atomic E-state index is -3.58. The van der Waals surface area contributed by atoms with E-state index < -0.39 is 10.0 Å². The van der Waals surface area contributed by atoms with Crippen molar-refractivity contribution >= 4 is 15.8 Å². The average Bonchev–Trinajstić information content (AvgIpc) is 2.75. The van der Waals surface area contributed by atoms with Crippen LogP contribution in [0.2, 0.25) is 0 Å². The van der Waals surface area contributed by atoms with E-state index in [-0.39, 0.29) is 10.7 Å². The zero-order chi connectivity index (χ0) is 21.7. The van der Waals surface area contributed by atoms with Crippen LogP contribution in [0.5, 0.6) is 11.5 Å². The highest BCUT2D eigenvalue weighted by Crippen LogP contribution is 2.33. The molecule has 1 heterocycles. The van der Waals surface area contributed by atoms with Crippen LogP contribution >= 0.6 is 0 Å². The maximum atomic E-state index is 12.4. The molecular formula is C22H28N2O5S. The summed E-state index contributed by atoms with van der Waals surface area (Å²) >= 11 is 0. The predicted molar refractivity (Wildman–Crippen MR) is 115 cm³/mol. The number of Topliss-reactive ketones (excluding diaryl/α,β-unsaturated/α-hetero) is 1. The van der Waals surface area contributed by atoms with Gasteiger partial charge in [-0.05, 0) is 61.7 Å². The van der Waals surface area contributed by atoms with Gasteiger partial charge < -0.3 is 9.47 Å². The summed E-state index contributed by atoms with van der Waals surface area (Å²) in [5.41, 5.74) is 2.97. The summed E-state index contributed by atoms with van der Waals surface area (Å²) in [7, 11) is -0.315. The van der Waals surface area contributed by atoms with Gasteiger partial charge in [0.05, 0.1) is 19.1 Å². The highest BCUT2D eigenvalue weighted by molar-refractivity contribution is 7.89. The van der Waals surface area contributed by atoms with Gasteiger partial charge in [0.1, 0.15) is 0 Å². The van der Waals surface area contributed by atoms with Gasteiger partial charge in [0, 0.05) is 25.2 Å². The van der Waals surface area contributed by atoms with Crippen molar-refractivity contribution in [2.75, 3.05) is 33.9 Å². The second-order valence-corrected chi connectivity index (χ2v) is 9.10. The van der Waals surface area contributed by atoms with Crippen LogP contribution in [-0.4, -0.2) is 53.0 Å². The predicted octanol–water partition coefficient (Wildman–Crippen LogP) is 2.63. The minimum absolute atomic E-state index is 0.0916. The van der Waals surface area contributed by atoms with Gasteiger partial charge >= 0.3 is 0 Å². The number of ketones is 1. The van der Waals surface area contributed by atoms with Crippen molar-refractivity contribution in [2.45, 2.75) is 31.2 Å². The molecule has 2 aromatic rings. The molecule has 0 bridgehead atoms. The largest absolute Gasteiger partial charge is 0.493 e. The van der Waals surface area contributed by atoms with Crippen LogP contribution in [0.15, 0.2) is 41.3 Å². The molecule has 30 heavy (non-hydrogen) atoms. The third-order valence-corrected chi connectivity index (χ3v) is 6.79. The first-order chi connectivity index (χ1) is 14.3.